The van der Waals surface area contributed by atoms with Crippen molar-refractivity contribution < 1.29 is 9.53 Å². The van der Waals surface area contributed by atoms with E-state index in [1.807, 2.05) is 73.7 Å². The van der Waals surface area contributed by atoms with Gasteiger partial charge in [0.15, 0.2) is 5.11 Å². The van der Waals surface area contributed by atoms with Crippen LogP contribution in [0.2, 0.25) is 0 Å². The van der Waals surface area contributed by atoms with Crippen LogP contribution in [-0.4, -0.2) is 17.6 Å². The van der Waals surface area contributed by atoms with E-state index in [0.29, 0.717) is 13.0 Å². The standard InChI is InChI=1S/C24H24N2O2S/c1-18-7-5-6-10-20(18)17-23(27)26-24(29)25-21-11-13-22(14-12-21)28-16-15-19-8-3-2-4-9-19/h2-14H,15-17H2,1H3,(H2,25,26,27,29). The zero-order chi connectivity index (χ0) is 20.5. The summed E-state index contributed by atoms with van der Waals surface area (Å²) < 4.78 is 5.78. The first-order chi connectivity index (χ1) is 14.1. The van der Waals surface area contributed by atoms with E-state index < -0.39 is 0 Å². The van der Waals surface area contributed by atoms with Gasteiger partial charge < -0.3 is 15.4 Å². The number of rotatable bonds is 7. The summed E-state index contributed by atoms with van der Waals surface area (Å²) in [6.45, 7) is 2.60. The SMILES string of the molecule is Cc1ccccc1CC(=O)NC(=S)Nc1ccc(OCCc2ccccc2)cc1. The van der Waals surface area contributed by atoms with E-state index in [0.717, 1.165) is 29.0 Å². The number of aryl methyl sites for hydroxylation is 1. The third-order valence-corrected chi connectivity index (χ3v) is 4.68. The van der Waals surface area contributed by atoms with Crippen LogP contribution < -0.4 is 15.4 Å². The number of carbonyl (C=O) groups is 1. The van der Waals surface area contributed by atoms with E-state index in [2.05, 4.69) is 22.8 Å². The van der Waals surface area contributed by atoms with Gasteiger partial charge in [0.2, 0.25) is 5.91 Å². The zero-order valence-electron chi connectivity index (χ0n) is 16.4. The highest BCUT2D eigenvalue weighted by Gasteiger charge is 2.08. The maximum absolute atomic E-state index is 12.2. The predicted molar refractivity (Wildman–Crippen MR) is 121 cm³/mol. The summed E-state index contributed by atoms with van der Waals surface area (Å²) in [5.74, 6) is 0.652. The maximum atomic E-state index is 12.2. The number of anilines is 1. The Morgan fingerprint density at radius 1 is 0.931 bits per heavy atom. The van der Waals surface area contributed by atoms with Crippen molar-refractivity contribution >= 4 is 28.9 Å². The Bertz CT molecular complexity index is 956. The van der Waals surface area contributed by atoms with Gasteiger partial charge in [0.1, 0.15) is 5.75 Å². The van der Waals surface area contributed by atoms with Gasteiger partial charge in [0, 0.05) is 12.1 Å². The molecule has 0 fully saturated rings. The normalized spacial score (nSPS) is 10.2. The number of amides is 1. The molecule has 0 aliphatic rings. The molecule has 3 aromatic carbocycles. The summed E-state index contributed by atoms with van der Waals surface area (Å²) >= 11 is 5.24. The summed E-state index contributed by atoms with van der Waals surface area (Å²) in [4.78, 5) is 12.2. The van der Waals surface area contributed by atoms with Crippen molar-refractivity contribution in [1.82, 2.24) is 5.32 Å². The van der Waals surface area contributed by atoms with Crippen LogP contribution in [0.5, 0.6) is 5.75 Å². The second kappa shape index (κ2) is 10.4. The molecule has 0 saturated heterocycles. The highest BCUT2D eigenvalue weighted by Crippen LogP contribution is 2.16. The molecule has 0 radical (unpaired) electrons. The molecule has 0 saturated carbocycles. The van der Waals surface area contributed by atoms with Gasteiger partial charge in [-0.2, -0.15) is 0 Å². The molecule has 29 heavy (non-hydrogen) atoms. The topological polar surface area (TPSA) is 50.4 Å². The molecule has 0 spiro atoms. The minimum absolute atomic E-state index is 0.141. The number of ether oxygens (including phenoxy) is 1. The van der Waals surface area contributed by atoms with Crippen molar-refractivity contribution in [2.24, 2.45) is 0 Å². The number of hydrogen-bond acceptors (Lipinski definition) is 3. The lowest BCUT2D eigenvalue weighted by molar-refractivity contribution is -0.119. The van der Waals surface area contributed by atoms with Crippen molar-refractivity contribution in [2.75, 3.05) is 11.9 Å². The van der Waals surface area contributed by atoms with E-state index in [9.17, 15) is 4.79 Å². The fourth-order valence-electron chi connectivity index (χ4n) is 2.88. The number of benzene rings is 3. The summed E-state index contributed by atoms with van der Waals surface area (Å²) in [6.07, 6.45) is 1.15. The number of carbonyl (C=O) groups excluding carboxylic acids is 1. The highest BCUT2D eigenvalue weighted by molar-refractivity contribution is 7.80. The van der Waals surface area contributed by atoms with Crippen LogP contribution in [0.3, 0.4) is 0 Å². The molecule has 3 aromatic rings. The Hall–Kier alpha value is -3.18. The number of hydrogen-bond donors (Lipinski definition) is 2. The minimum atomic E-state index is -0.141. The Balaban J connectivity index is 1.43. The van der Waals surface area contributed by atoms with Gasteiger partial charge in [0.05, 0.1) is 13.0 Å². The van der Waals surface area contributed by atoms with E-state index in [1.54, 1.807) is 0 Å². The first-order valence-electron chi connectivity index (χ1n) is 9.52. The molecular formula is C24H24N2O2S. The molecule has 1 amide bonds. The lowest BCUT2D eigenvalue weighted by Gasteiger charge is -2.11. The quantitative estimate of drug-likeness (QED) is 0.562. The van der Waals surface area contributed by atoms with Gasteiger partial charge in [-0.3, -0.25) is 4.79 Å². The van der Waals surface area contributed by atoms with Crippen LogP contribution in [0, 0.1) is 6.92 Å². The average molecular weight is 405 g/mol. The van der Waals surface area contributed by atoms with Crippen molar-refractivity contribution in [3.05, 3.63) is 95.6 Å². The van der Waals surface area contributed by atoms with Gasteiger partial charge in [-0.25, -0.2) is 0 Å². The maximum Gasteiger partial charge on any atom is 0.230 e. The minimum Gasteiger partial charge on any atom is -0.493 e. The van der Waals surface area contributed by atoms with Crippen LogP contribution in [0.1, 0.15) is 16.7 Å². The first-order valence-corrected chi connectivity index (χ1v) is 9.93. The Kier molecular flexibility index (Phi) is 7.36. The molecule has 0 aromatic heterocycles. The first kappa shape index (κ1) is 20.6. The summed E-state index contributed by atoms with van der Waals surface area (Å²) in [5.41, 5.74) is 4.12. The number of thiocarbonyl (C=S) groups is 1. The van der Waals surface area contributed by atoms with Crippen molar-refractivity contribution in [3.63, 3.8) is 0 Å². The van der Waals surface area contributed by atoms with Crippen molar-refractivity contribution in [1.29, 1.82) is 0 Å². The number of nitrogens with one attached hydrogen (secondary N) is 2. The van der Waals surface area contributed by atoms with Crippen LogP contribution in [0.4, 0.5) is 5.69 Å². The molecule has 0 heterocycles. The van der Waals surface area contributed by atoms with Crippen LogP contribution in [0.15, 0.2) is 78.9 Å². The average Bonchev–Trinajstić information content (AvgIpc) is 2.72. The highest BCUT2D eigenvalue weighted by atomic mass is 32.1. The molecule has 0 atom stereocenters. The van der Waals surface area contributed by atoms with Crippen LogP contribution >= 0.6 is 12.2 Å². The van der Waals surface area contributed by atoms with Gasteiger partial charge in [0.25, 0.3) is 0 Å². The largest absolute Gasteiger partial charge is 0.493 e. The fraction of sp³-hybridized carbons (Fsp3) is 0.167. The van der Waals surface area contributed by atoms with E-state index in [1.165, 1.54) is 5.56 Å². The molecule has 3 rings (SSSR count). The molecule has 0 bridgehead atoms. The van der Waals surface area contributed by atoms with Crippen molar-refractivity contribution in [2.45, 2.75) is 19.8 Å². The van der Waals surface area contributed by atoms with Crippen LogP contribution in [0.25, 0.3) is 0 Å². The van der Waals surface area contributed by atoms with Gasteiger partial charge in [-0.15, -0.1) is 0 Å². The van der Waals surface area contributed by atoms with Crippen molar-refractivity contribution in [3.8, 4) is 5.75 Å². The van der Waals surface area contributed by atoms with E-state index in [-0.39, 0.29) is 11.0 Å². The van der Waals surface area contributed by atoms with Gasteiger partial charge in [-0.05, 0) is 60.1 Å². The molecule has 0 unspecified atom stereocenters. The zero-order valence-corrected chi connectivity index (χ0v) is 17.2. The van der Waals surface area contributed by atoms with Gasteiger partial charge in [-0.1, -0.05) is 54.6 Å². The fourth-order valence-corrected chi connectivity index (χ4v) is 3.11. The summed E-state index contributed by atoms with van der Waals surface area (Å²) in [5, 5.41) is 6.03. The third-order valence-electron chi connectivity index (χ3n) is 4.48. The lowest BCUT2D eigenvalue weighted by Crippen LogP contribution is -2.35. The van der Waals surface area contributed by atoms with Crippen LogP contribution in [-0.2, 0) is 17.6 Å². The van der Waals surface area contributed by atoms with E-state index >= 15 is 0 Å². The third kappa shape index (κ3) is 6.73. The summed E-state index contributed by atoms with van der Waals surface area (Å²) in [6, 6.07) is 25.6. The Labute approximate surface area is 176 Å². The molecule has 4 nitrogen and oxygen atoms in total. The second-order valence-corrected chi connectivity index (χ2v) is 7.12. The molecule has 0 aliphatic carbocycles. The van der Waals surface area contributed by atoms with E-state index in [4.69, 9.17) is 17.0 Å². The van der Waals surface area contributed by atoms with Gasteiger partial charge >= 0.3 is 0 Å². The smallest absolute Gasteiger partial charge is 0.230 e. The molecule has 0 aliphatic heterocycles. The molecule has 148 valence electrons. The lowest BCUT2D eigenvalue weighted by atomic mass is 10.1. The second-order valence-electron chi connectivity index (χ2n) is 6.71. The molecule has 5 heteroatoms. The monoisotopic (exact) mass is 404 g/mol. The Morgan fingerprint density at radius 3 is 2.34 bits per heavy atom. The molecular weight excluding hydrogens is 380 g/mol. The molecule has 2 N–H and O–H groups in total. The summed E-state index contributed by atoms with van der Waals surface area (Å²) in [7, 11) is 0. The predicted octanol–water partition coefficient (Wildman–Crippen LogP) is 4.67. The Morgan fingerprint density at radius 2 is 1.62 bits per heavy atom.